The van der Waals surface area contributed by atoms with Crippen LogP contribution in [-0.4, -0.2) is 75.3 Å². The van der Waals surface area contributed by atoms with Crippen LogP contribution in [0.25, 0.3) is 0 Å². The molecule has 3 fully saturated rings. The third-order valence-corrected chi connectivity index (χ3v) is 10.5. The first kappa shape index (κ1) is 32.8. The molecule has 1 unspecified atom stereocenters. The Kier molecular flexibility index (Phi) is 8.90. The number of esters is 2. The summed E-state index contributed by atoms with van der Waals surface area (Å²) >= 11 is 0. The van der Waals surface area contributed by atoms with Crippen LogP contribution in [-0.2, 0) is 28.6 Å². The zero-order chi connectivity index (χ0) is 29.4. The van der Waals surface area contributed by atoms with Gasteiger partial charge in [0.1, 0.15) is 35.0 Å². The topological polar surface area (TPSA) is 153 Å². The number of hydrogen-bond acceptors (Lipinski definition) is 10. The van der Waals surface area contributed by atoms with Crippen molar-refractivity contribution in [1.29, 1.82) is 0 Å². The number of carbonyl (C=O) groups is 3. The molecular formula is C30H40AcO10. The van der Waals surface area contributed by atoms with Gasteiger partial charge in [0.05, 0.1) is 24.9 Å². The Labute approximate surface area is 275 Å². The van der Waals surface area contributed by atoms with Crippen LogP contribution in [0.1, 0.15) is 78.9 Å². The zero-order valence-corrected chi connectivity index (χ0v) is 29.3. The minimum atomic E-state index is -1.84. The van der Waals surface area contributed by atoms with E-state index in [0.717, 1.165) is 0 Å². The van der Waals surface area contributed by atoms with E-state index in [9.17, 15) is 29.7 Å². The Morgan fingerprint density at radius 3 is 2.41 bits per heavy atom. The second kappa shape index (κ2) is 11.1. The van der Waals surface area contributed by atoms with Crippen LogP contribution >= 0.6 is 0 Å². The zero-order valence-electron chi connectivity index (χ0n) is 24.5. The van der Waals surface area contributed by atoms with E-state index in [4.69, 9.17) is 18.6 Å². The van der Waals surface area contributed by atoms with Crippen LogP contribution in [0.4, 0.5) is 0 Å². The maximum atomic E-state index is 14.1. The number of ether oxygens (including phenoxy) is 3. The summed E-state index contributed by atoms with van der Waals surface area (Å²) in [6, 6.07) is 3.30. The molecule has 2 heterocycles. The van der Waals surface area contributed by atoms with E-state index >= 15 is 0 Å². The first-order valence-corrected chi connectivity index (χ1v) is 14.0. The molecule has 0 aromatic carbocycles. The summed E-state index contributed by atoms with van der Waals surface area (Å²) in [4.78, 5) is 39.8. The Hall–Kier alpha value is -1.09. The number of ketones is 1. The predicted octanol–water partition coefficient (Wildman–Crippen LogP) is 2.58. The summed E-state index contributed by atoms with van der Waals surface area (Å²) in [7, 11) is 0. The van der Waals surface area contributed by atoms with Crippen LogP contribution in [0, 0.1) is 60.8 Å². The number of aliphatic hydroxyl groups excluding tert-OH is 1. The predicted molar refractivity (Wildman–Crippen MR) is 140 cm³/mol. The Balaban J connectivity index is 0.00000387. The van der Waals surface area contributed by atoms with E-state index in [1.165, 1.54) is 13.2 Å². The number of carbonyl (C=O) groups excluding carboxylic acids is 3. The molecule has 2 saturated carbocycles. The van der Waals surface area contributed by atoms with Crippen molar-refractivity contribution in [3.63, 3.8) is 0 Å². The summed E-state index contributed by atoms with van der Waals surface area (Å²) in [6.45, 7) is 9.92. The van der Waals surface area contributed by atoms with Crippen molar-refractivity contribution in [3.8, 4) is 0 Å². The van der Waals surface area contributed by atoms with Crippen molar-refractivity contribution >= 4 is 17.7 Å². The third kappa shape index (κ3) is 4.91. The number of fused-ring (bicyclic) bond motifs is 5. The molecule has 0 amide bonds. The molecule has 10 nitrogen and oxygen atoms in total. The SMILES string of the molecule is CC(=O)O[C@H]1[C@@H]2[C@]3(O)CO[C@@H]3CC[C@@]2(C)C(=O)CC2=C(C)C(OC(=O)[C@H](O)[C@@H](C)c3ccco3)C[C@]1(O)C2(C)C.[Ac]. The largest absolute Gasteiger partial charge is 0.469 e. The van der Waals surface area contributed by atoms with Crippen molar-refractivity contribution < 1.29 is 92.4 Å². The molecule has 9 atom stereocenters. The van der Waals surface area contributed by atoms with Gasteiger partial charge in [0.25, 0.3) is 0 Å². The first-order chi connectivity index (χ1) is 18.6. The number of Topliss-reactive ketones (excluding diaryl/α,β-unsaturated/α-hetero) is 1. The smallest absolute Gasteiger partial charge is 0.336 e. The summed E-state index contributed by atoms with van der Waals surface area (Å²) in [5.41, 5.74) is -4.31. The number of aliphatic hydroxyl groups is 3. The summed E-state index contributed by atoms with van der Waals surface area (Å²) in [5, 5.41) is 35.3. The number of hydrogen-bond donors (Lipinski definition) is 3. The molecule has 0 spiro atoms. The summed E-state index contributed by atoms with van der Waals surface area (Å²) in [6.07, 6.45) is -2.28. The molecule has 1 aromatic rings. The molecule has 223 valence electrons. The van der Waals surface area contributed by atoms with E-state index < -0.39 is 70.2 Å². The minimum Gasteiger partial charge on any atom is -0.469 e. The fraction of sp³-hybridized carbons (Fsp3) is 0.700. The maximum absolute atomic E-state index is 14.1. The van der Waals surface area contributed by atoms with Gasteiger partial charge in [0, 0.05) is 80.6 Å². The van der Waals surface area contributed by atoms with E-state index in [1.54, 1.807) is 46.8 Å². The van der Waals surface area contributed by atoms with Gasteiger partial charge in [-0.25, -0.2) is 4.79 Å². The standard InChI is InChI=1S/C30H40O10.Ac/c1-15-18-12-21(32)28(6)10-9-22-29(35,14-38-22)24(28)25(39-17(3)31)30(36,27(18,4)5)13-20(15)40-26(34)23(33)16(2)19-8-7-11-37-19;/h7-8,11,16,20,22-25,33,35-36H,9-10,12-14H2,1-6H3;/t16-,20?,22+,23+,24-,25-,28-,29-,30+;/m0./s1. The van der Waals surface area contributed by atoms with Crippen molar-refractivity contribution in [2.24, 2.45) is 16.7 Å². The van der Waals surface area contributed by atoms with Gasteiger partial charge in [-0.1, -0.05) is 33.3 Å². The number of rotatable bonds is 5. The van der Waals surface area contributed by atoms with E-state index in [0.29, 0.717) is 29.7 Å². The molecule has 1 saturated heterocycles. The molecular weight excluding hydrogens is 747 g/mol. The summed E-state index contributed by atoms with van der Waals surface area (Å²) < 4.78 is 22.7. The Morgan fingerprint density at radius 2 is 1.85 bits per heavy atom. The normalized spacial score (nSPS) is 39.0. The van der Waals surface area contributed by atoms with Crippen molar-refractivity contribution in [2.75, 3.05) is 6.61 Å². The Morgan fingerprint density at radius 1 is 1.17 bits per heavy atom. The van der Waals surface area contributed by atoms with E-state index in [2.05, 4.69) is 0 Å². The van der Waals surface area contributed by atoms with Gasteiger partial charge in [-0.3, -0.25) is 9.59 Å². The van der Waals surface area contributed by atoms with Crippen molar-refractivity contribution in [3.05, 3.63) is 35.3 Å². The second-order valence-corrected chi connectivity index (χ2v) is 12.9. The number of furan rings is 1. The van der Waals surface area contributed by atoms with E-state index in [-0.39, 0.29) is 69.3 Å². The molecule has 3 aliphatic carbocycles. The molecule has 3 N–H and O–H groups in total. The van der Waals surface area contributed by atoms with Gasteiger partial charge in [-0.05, 0) is 37.5 Å². The molecule has 1 aliphatic heterocycles. The van der Waals surface area contributed by atoms with Crippen molar-refractivity contribution in [2.45, 2.75) is 109 Å². The molecule has 1 aromatic heterocycles. The fourth-order valence-electron chi connectivity index (χ4n) is 7.75. The molecule has 4 aliphatic rings. The first-order valence-electron chi connectivity index (χ1n) is 14.0. The minimum absolute atomic E-state index is 0. The van der Waals surface area contributed by atoms with Gasteiger partial charge < -0.3 is 33.9 Å². The van der Waals surface area contributed by atoms with Crippen LogP contribution in [0.15, 0.2) is 34.0 Å². The molecule has 2 bridgehead atoms. The summed E-state index contributed by atoms with van der Waals surface area (Å²) in [5.74, 6) is -2.94. The van der Waals surface area contributed by atoms with Gasteiger partial charge in [0.15, 0.2) is 6.10 Å². The average molecular weight is 788 g/mol. The van der Waals surface area contributed by atoms with Crippen LogP contribution < -0.4 is 0 Å². The molecule has 5 rings (SSSR count). The van der Waals surface area contributed by atoms with Gasteiger partial charge in [0.2, 0.25) is 0 Å². The monoisotopic (exact) mass is 787 g/mol. The molecule has 1 radical (unpaired) electrons. The van der Waals surface area contributed by atoms with Crippen LogP contribution in [0.5, 0.6) is 0 Å². The van der Waals surface area contributed by atoms with E-state index in [1.807, 2.05) is 0 Å². The van der Waals surface area contributed by atoms with Crippen LogP contribution in [0.2, 0.25) is 0 Å². The van der Waals surface area contributed by atoms with Gasteiger partial charge >= 0.3 is 11.9 Å². The Bertz CT molecular complexity index is 1240. The second-order valence-electron chi connectivity index (χ2n) is 12.9. The van der Waals surface area contributed by atoms with Crippen molar-refractivity contribution in [1.82, 2.24) is 0 Å². The fourth-order valence-corrected chi connectivity index (χ4v) is 7.75. The average Bonchev–Trinajstić information content (AvgIpc) is 3.41. The van der Waals surface area contributed by atoms with Gasteiger partial charge in [-0.2, -0.15) is 0 Å². The van der Waals surface area contributed by atoms with Crippen LogP contribution in [0.3, 0.4) is 0 Å². The molecule has 11 heteroatoms. The maximum Gasteiger partial charge on any atom is 0.336 e. The third-order valence-electron chi connectivity index (χ3n) is 10.5. The quantitative estimate of drug-likeness (QED) is 0.300. The van der Waals surface area contributed by atoms with Gasteiger partial charge in [-0.15, -0.1) is 0 Å². The molecule has 41 heavy (non-hydrogen) atoms.